The summed E-state index contributed by atoms with van der Waals surface area (Å²) in [6.07, 6.45) is 0. The summed E-state index contributed by atoms with van der Waals surface area (Å²) in [7, 11) is 0. The second kappa shape index (κ2) is 10.0. The van der Waals surface area contributed by atoms with Crippen molar-refractivity contribution >= 4 is 52.0 Å². The highest BCUT2D eigenvalue weighted by Crippen LogP contribution is 2.24. The van der Waals surface area contributed by atoms with Crippen molar-refractivity contribution < 1.29 is 14.8 Å². The molecule has 0 atom stereocenters. The first-order chi connectivity index (χ1) is 17.3. The summed E-state index contributed by atoms with van der Waals surface area (Å²) in [5.41, 5.74) is 1.14. The molecule has 0 unspecified atom stereocenters. The van der Waals surface area contributed by atoms with E-state index < -0.39 is 14.8 Å². The van der Waals surface area contributed by atoms with Crippen molar-refractivity contribution in [3.63, 3.8) is 0 Å². The second-order valence-corrected chi connectivity index (χ2v) is 7.09. The molecule has 0 bridgehead atoms. The number of anilines is 6. The third kappa shape index (κ3) is 5.79. The van der Waals surface area contributed by atoms with Crippen LogP contribution in [-0.2, 0) is 0 Å². The zero-order valence-electron chi connectivity index (χ0n) is 18.1. The maximum Gasteiger partial charge on any atom is 0.269 e. The average molecular weight is 489 g/mol. The van der Waals surface area contributed by atoms with E-state index in [1.165, 1.54) is 72.8 Å². The van der Waals surface area contributed by atoms with E-state index in [1.807, 2.05) is 0 Å². The second-order valence-electron chi connectivity index (χ2n) is 7.09. The van der Waals surface area contributed by atoms with E-state index in [4.69, 9.17) is 0 Å². The summed E-state index contributed by atoms with van der Waals surface area (Å²) in [4.78, 5) is 43.9. The lowest BCUT2D eigenvalue weighted by atomic mass is 10.3. The van der Waals surface area contributed by atoms with E-state index in [-0.39, 0.29) is 34.9 Å². The number of non-ortho nitro benzene ring substituents is 3. The summed E-state index contributed by atoms with van der Waals surface area (Å²) < 4.78 is 0. The van der Waals surface area contributed by atoms with E-state index in [1.54, 1.807) is 0 Å². The number of nitrogens with zero attached hydrogens (tertiary/aromatic N) is 6. The average Bonchev–Trinajstić information content (AvgIpc) is 2.85. The summed E-state index contributed by atoms with van der Waals surface area (Å²) in [6, 6.07) is 16.8. The van der Waals surface area contributed by atoms with Crippen molar-refractivity contribution in [2.75, 3.05) is 16.0 Å². The van der Waals surface area contributed by atoms with Gasteiger partial charge >= 0.3 is 0 Å². The number of benzene rings is 3. The van der Waals surface area contributed by atoms with E-state index >= 15 is 0 Å². The van der Waals surface area contributed by atoms with Crippen LogP contribution in [0.1, 0.15) is 0 Å². The van der Waals surface area contributed by atoms with Gasteiger partial charge in [0, 0.05) is 53.5 Å². The lowest BCUT2D eigenvalue weighted by Crippen LogP contribution is -2.07. The van der Waals surface area contributed by atoms with Gasteiger partial charge in [0.1, 0.15) is 0 Å². The van der Waals surface area contributed by atoms with Crippen molar-refractivity contribution in [3.05, 3.63) is 103 Å². The Kier molecular flexibility index (Phi) is 6.53. The summed E-state index contributed by atoms with van der Waals surface area (Å²) in [6.45, 7) is 0. The van der Waals surface area contributed by atoms with Gasteiger partial charge in [-0.15, -0.1) is 0 Å². The number of nitro benzene ring substituents is 3. The van der Waals surface area contributed by atoms with E-state index in [0.29, 0.717) is 17.1 Å². The van der Waals surface area contributed by atoms with Crippen molar-refractivity contribution in [3.8, 4) is 0 Å². The van der Waals surface area contributed by atoms with Crippen LogP contribution in [0.2, 0.25) is 0 Å². The Balaban J connectivity index is 1.62. The molecule has 0 saturated carbocycles. The monoisotopic (exact) mass is 489 g/mol. The van der Waals surface area contributed by atoms with E-state index in [2.05, 4.69) is 30.9 Å². The molecule has 1 heterocycles. The molecule has 0 fully saturated rings. The first-order valence-electron chi connectivity index (χ1n) is 10.1. The molecule has 3 aromatic carbocycles. The van der Waals surface area contributed by atoms with Gasteiger partial charge in [0.25, 0.3) is 17.1 Å². The summed E-state index contributed by atoms with van der Waals surface area (Å²) in [5.74, 6) is 0.230. The Labute approximate surface area is 201 Å². The van der Waals surface area contributed by atoms with Crippen LogP contribution in [0.4, 0.5) is 52.0 Å². The van der Waals surface area contributed by atoms with Crippen molar-refractivity contribution in [1.29, 1.82) is 0 Å². The van der Waals surface area contributed by atoms with Gasteiger partial charge in [-0.25, -0.2) is 0 Å². The van der Waals surface area contributed by atoms with Gasteiger partial charge in [0.05, 0.1) is 14.8 Å². The van der Waals surface area contributed by atoms with Gasteiger partial charge in [-0.1, -0.05) is 0 Å². The highest BCUT2D eigenvalue weighted by molar-refractivity contribution is 5.63. The highest BCUT2D eigenvalue weighted by atomic mass is 16.6. The lowest BCUT2D eigenvalue weighted by molar-refractivity contribution is -0.385. The predicted octanol–water partition coefficient (Wildman–Crippen LogP) is 4.83. The van der Waals surface area contributed by atoms with Gasteiger partial charge in [0.2, 0.25) is 17.8 Å². The van der Waals surface area contributed by atoms with Crippen LogP contribution in [0.5, 0.6) is 0 Å². The largest absolute Gasteiger partial charge is 0.324 e. The molecular weight excluding hydrogens is 474 g/mol. The predicted molar refractivity (Wildman–Crippen MR) is 129 cm³/mol. The fourth-order valence-electron chi connectivity index (χ4n) is 2.93. The molecule has 15 heteroatoms. The smallest absolute Gasteiger partial charge is 0.269 e. The number of hydrogen-bond acceptors (Lipinski definition) is 12. The highest BCUT2D eigenvalue weighted by Gasteiger charge is 2.12. The van der Waals surface area contributed by atoms with Gasteiger partial charge in [-0.3, -0.25) is 30.3 Å². The number of aromatic nitrogens is 3. The molecule has 0 spiro atoms. The van der Waals surface area contributed by atoms with Gasteiger partial charge in [0.15, 0.2) is 0 Å². The Morgan fingerprint density at radius 3 is 0.861 bits per heavy atom. The molecule has 15 nitrogen and oxygen atoms in total. The standard InChI is InChI=1S/C21H15N9O6/c31-28(32)16-7-1-13(2-8-16)22-19-25-20(23-14-3-9-17(10-4-14)29(33)34)27-21(26-19)24-15-5-11-18(12-6-15)30(35)36/h1-12H,(H3,22,23,24,25,26,27). The van der Waals surface area contributed by atoms with Crippen LogP contribution < -0.4 is 16.0 Å². The van der Waals surface area contributed by atoms with Crippen molar-refractivity contribution in [1.82, 2.24) is 15.0 Å². The number of hydrogen-bond donors (Lipinski definition) is 3. The minimum absolute atomic E-state index is 0.0766. The van der Waals surface area contributed by atoms with Crippen LogP contribution in [0, 0.1) is 30.3 Å². The third-order valence-corrected chi connectivity index (χ3v) is 4.64. The van der Waals surface area contributed by atoms with Crippen LogP contribution in [-0.4, -0.2) is 29.7 Å². The minimum Gasteiger partial charge on any atom is -0.324 e. The zero-order chi connectivity index (χ0) is 25.7. The SMILES string of the molecule is O=[N+]([O-])c1ccc(Nc2nc(Nc3ccc([N+](=O)[O-])cc3)nc(Nc3ccc([N+](=O)[O-])cc3)n2)cc1. The Morgan fingerprint density at radius 1 is 0.444 bits per heavy atom. The normalized spacial score (nSPS) is 10.3. The lowest BCUT2D eigenvalue weighted by Gasteiger charge is -2.11. The first-order valence-corrected chi connectivity index (χ1v) is 10.1. The van der Waals surface area contributed by atoms with Crippen molar-refractivity contribution in [2.24, 2.45) is 0 Å². The maximum atomic E-state index is 10.9. The molecular formula is C21H15N9O6. The third-order valence-electron chi connectivity index (χ3n) is 4.64. The summed E-state index contributed by atoms with van der Waals surface area (Å²) in [5, 5.41) is 41.4. The Morgan fingerprint density at radius 2 is 0.667 bits per heavy atom. The fraction of sp³-hybridized carbons (Fsp3) is 0. The molecule has 180 valence electrons. The van der Waals surface area contributed by atoms with E-state index in [0.717, 1.165) is 0 Å². The molecule has 4 rings (SSSR count). The molecule has 36 heavy (non-hydrogen) atoms. The quantitative estimate of drug-likeness (QED) is 0.214. The van der Waals surface area contributed by atoms with Crippen LogP contribution in [0.25, 0.3) is 0 Å². The van der Waals surface area contributed by atoms with Gasteiger partial charge in [-0.05, 0) is 36.4 Å². The van der Waals surface area contributed by atoms with Crippen LogP contribution in [0.3, 0.4) is 0 Å². The summed E-state index contributed by atoms with van der Waals surface area (Å²) >= 11 is 0. The van der Waals surface area contributed by atoms with Crippen molar-refractivity contribution in [2.45, 2.75) is 0 Å². The molecule has 3 N–H and O–H groups in total. The molecule has 1 aromatic heterocycles. The number of rotatable bonds is 9. The molecule has 0 radical (unpaired) electrons. The Hall–Kier alpha value is -5.73. The molecule has 4 aromatic rings. The minimum atomic E-state index is -0.523. The van der Waals surface area contributed by atoms with Crippen LogP contribution in [0.15, 0.2) is 72.8 Å². The topological polar surface area (TPSA) is 204 Å². The zero-order valence-corrected chi connectivity index (χ0v) is 18.1. The Bertz CT molecular complexity index is 1240. The number of nitrogens with one attached hydrogen (secondary N) is 3. The molecule has 0 aliphatic rings. The van der Waals surface area contributed by atoms with E-state index in [9.17, 15) is 30.3 Å². The molecule has 0 aliphatic carbocycles. The molecule has 0 amide bonds. The maximum absolute atomic E-state index is 10.9. The number of nitro groups is 3. The first kappa shape index (κ1) is 23.4. The fourth-order valence-corrected chi connectivity index (χ4v) is 2.93. The molecule has 0 saturated heterocycles. The van der Waals surface area contributed by atoms with Gasteiger partial charge < -0.3 is 16.0 Å². The van der Waals surface area contributed by atoms with Gasteiger partial charge in [-0.2, -0.15) is 15.0 Å². The van der Waals surface area contributed by atoms with Crippen LogP contribution >= 0.6 is 0 Å². The molecule has 0 aliphatic heterocycles.